The summed E-state index contributed by atoms with van der Waals surface area (Å²) in [6, 6.07) is 13.9. The molecule has 3 aromatic carbocycles. The van der Waals surface area contributed by atoms with Crippen molar-refractivity contribution in [3.63, 3.8) is 0 Å². The number of halogens is 3. The van der Waals surface area contributed by atoms with Crippen molar-refractivity contribution >= 4 is 34.2 Å². The number of hydrogen-bond donors (Lipinski definition) is 2. The summed E-state index contributed by atoms with van der Waals surface area (Å²) < 4.78 is 43.2. The maximum Gasteiger partial charge on any atom is 0.323 e. The molecule has 5 aromatic rings. The van der Waals surface area contributed by atoms with Crippen LogP contribution in [0.2, 0.25) is 0 Å². The first-order valence-corrected chi connectivity index (χ1v) is 10.9. The van der Waals surface area contributed by atoms with Gasteiger partial charge in [-0.1, -0.05) is 6.07 Å². The van der Waals surface area contributed by atoms with Crippen LogP contribution in [0.1, 0.15) is 15.9 Å². The van der Waals surface area contributed by atoms with Gasteiger partial charge in [-0.25, -0.2) is 22.9 Å². The number of pyridine rings is 1. The van der Waals surface area contributed by atoms with E-state index < -0.39 is 40.5 Å². The van der Waals surface area contributed by atoms with Crippen LogP contribution in [0.5, 0.6) is 0 Å². The molecule has 0 fully saturated rings. The Hall–Kier alpha value is -5.12. The standard InChI is InChI=1S/C27H16F3N5O2/c28-17-4-1-5-18(12-17)33-27(37)35-21-9-7-19(29)24(25(21)30)26(36)15-6-8-20-22(11-15)34-23(14-32-20)16-3-2-10-31-13-16/h1-14H,(H2,33,35,37). The number of urea groups is 1. The van der Waals surface area contributed by atoms with E-state index in [0.29, 0.717) is 22.3 Å². The summed E-state index contributed by atoms with van der Waals surface area (Å²) >= 11 is 0. The molecule has 2 aromatic heterocycles. The molecule has 0 aliphatic rings. The lowest BCUT2D eigenvalue weighted by atomic mass is 10.0. The summed E-state index contributed by atoms with van der Waals surface area (Å²) in [5, 5.41) is 4.55. The molecule has 182 valence electrons. The Kier molecular flexibility index (Phi) is 6.29. The highest BCUT2D eigenvalue weighted by atomic mass is 19.1. The van der Waals surface area contributed by atoms with E-state index in [1.54, 1.807) is 30.7 Å². The Bertz CT molecular complexity index is 1660. The van der Waals surface area contributed by atoms with Crippen LogP contribution in [-0.4, -0.2) is 26.8 Å². The fourth-order valence-corrected chi connectivity index (χ4v) is 3.66. The van der Waals surface area contributed by atoms with Crippen molar-refractivity contribution in [3.8, 4) is 11.3 Å². The number of ketones is 1. The molecule has 10 heteroatoms. The first kappa shape index (κ1) is 23.6. The van der Waals surface area contributed by atoms with Crippen molar-refractivity contribution in [1.29, 1.82) is 0 Å². The molecular formula is C27H16F3N5O2. The van der Waals surface area contributed by atoms with Gasteiger partial charge in [-0.15, -0.1) is 0 Å². The van der Waals surface area contributed by atoms with Gasteiger partial charge < -0.3 is 10.6 Å². The van der Waals surface area contributed by atoms with Crippen LogP contribution in [-0.2, 0) is 0 Å². The number of anilines is 2. The van der Waals surface area contributed by atoms with Gasteiger partial charge in [0.15, 0.2) is 11.6 Å². The normalized spacial score (nSPS) is 10.8. The lowest BCUT2D eigenvalue weighted by Crippen LogP contribution is -2.21. The maximum atomic E-state index is 15.2. The Balaban J connectivity index is 1.44. The Morgan fingerprint density at radius 1 is 0.811 bits per heavy atom. The topological polar surface area (TPSA) is 96.9 Å². The van der Waals surface area contributed by atoms with E-state index in [1.807, 2.05) is 0 Å². The van der Waals surface area contributed by atoms with E-state index in [4.69, 9.17) is 0 Å². The summed E-state index contributed by atoms with van der Waals surface area (Å²) in [6.45, 7) is 0. The van der Waals surface area contributed by atoms with E-state index in [-0.39, 0.29) is 11.3 Å². The van der Waals surface area contributed by atoms with Crippen LogP contribution in [0.4, 0.5) is 29.3 Å². The van der Waals surface area contributed by atoms with Crippen LogP contribution in [0, 0.1) is 17.5 Å². The maximum absolute atomic E-state index is 15.2. The largest absolute Gasteiger partial charge is 0.323 e. The minimum atomic E-state index is -1.25. The molecule has 0 aliphatic heterocycles. The smallest absolute Gasteiger partial charge is 0.308 e. The molecule has 0 spiro atoms. The third-order valence-corrected chi connectivity index (χ3v) is 5.41. The number of carbonyl (C=O) groups is 2. The molecule has 0 aliphatic carbocycles. The van der Waals surface area contributed by atoms with Crippen molar-refractivity contribution in [2.45, 2.75) is 0 Å². The van der Waals surface area contributed by atoms with E-state index in [9.17, 15) is 18.4 Å². The molecule has 2 amide bonds. The highest BCUT2D eigenvalue weighted by Crippen LogP contribution is 2.26. The number of carbonyl (C=O) groups excluding carboxylic acids is 2. The number of fused-ring (bicyclic) bond motifs is 1. The highest BCUT2D eigenvalue weighted by molar-refractivity contribution is 6.11. The summed E-state index contributed by atoms with van der Waals surface area (Å²) in [6.07, 6.45) is 4.79. The number of rotatable bonds is 5. The van der Waals surface area contributed by atoms with Gasteiger partial charge in [-0.2, -0.15) is 0 Å². The average Bonchev–Trinajstić information content (AvgIpc) is 2.90. The zero-order valence-electron chi connectivity index (χ0n) is 18.9. The summed E-state index contributed by atoms with van der Waals surface area (Å²) in [5.41, 5.74) is 0.867. The van der Waals surface area contributed by atoms with Crippen LogP contribution in [0.25, 0.3) is 22.3 Å². The second-order valence-electron chi connectivity index (χ2n) is 7.90. The molecule has 2 heterocycles. The SMILES string of the molecule is O=C(Nc1cccc(F)c1)Nc1ccc(F)c(C(=O)c2ccc3ncc(-c4cccnc4)nc3c2)c1F. The first-order valence-electron chi connectivity index (χ1n) is 10.9. The minimum absolute atomic E-state index is 0.0238. The molecule has 0 saturated carbocycles. The molecule has 0 atom stereocenters. The third kappa shape index (κ3) is 4.98. The lowest BCUT2D eigenvalue weighted by molar-refractivity contribution is 0.103. The predicted molar refractivity (Wildman–Crippen MR) is 132 cm³/mol. The third-order valence-electron chi connectivity index (χ3n) is 5.41. The highest BCUT2D eigenvalue weighted by Gasteiger charge is 2.23. The fraction of sp³-hybridized carbons (Fsp3) is 0. The van der Waals surface area contributed by atoms with Crippen molar-refractivity contribution in [2.24, 2.45) is 0 Å². The number of nitrogens with zero attached hydrogens (tertiary/aromatic N) is 3. The van der Waals surface area contributed by atoms with Crippen LogP contribution < -0.4 is 10.6 Å². The van der Waals surface area contributed by atoms with Gasteiger partial charge in [0.25, 0.3) is 0 Å². The predicted octanol–water partition coefficient (Wildman–Crippen LogP) is 5.98. The number of aromatic nitrogens is 3. The van der Waals surface area contributed by atoms with Gasteiger partial charge in [0, 0.05) is 29.2 Å². The average molecular weight is 499 g/mol. The quantitative estimate of drug-likeness (QED) is 0.290. The summed E-state index contributed by atoms with van der Waals surface area (Å²) in [4.78, 5) is 38.3. The van der Waals surface area contributed by atoms with E-state index >= 15 is 4.39 Å². The zero-order chi connectivity index (χ0) is 25.9. The molecule has 0 saturated heterocycles. The molecule has 0 unspecified atom stereocenters. The van der Waals surface area contributed by atoms with Crippen molar-refractivity contribution in [2.75, 3.05) is 10.6 Å². The molecule has 5 rings (SSSR count). The second kappa shape index (κ2) is 9.86. The van der Waals surface area contributed by atoms with Gasteiger partial charge >= 0.3 is 6.03 Å². The zero-order valence-corrected chi connectivity index (χ0v) is 18.9. The number of amides is 2. The van der Waals surface area contributed by atoms with E-state index in [1.165, 1.54) is 36.4 Å². The molecule has 37 heavy (non-hydrogen) atoms. The Labute approximate surface area is 208 Å². The van der Waals surface area contributed by atoms with Crippen LogP contribution in [0.15, 0.2) is 85.3 Å². The molecule has 7 nitrogen and oxygen atoms in total. The van der Waals surface area contributed by atoms with Crippen LogP contribution in [0.3, 0.4) is 0 Å². The van der Waals surface area contributed by atoms with Gasteiger partial charge in [-0.05, 0) is 60.7 Å². The minimum Gasteiger partial charge on any atom is -0.308 e. The van der Waals surface area contributed by atoms with Gasteiger partial charge in [0.1, 0.15) is 11.6 Å². The number of hydrogen-bond acceptors (Lipinski definition) is 5. The monoisotopic (exact) mass is 499 g/mol. The number of benzene rings is 3. The van der Waals surface area contributed by atoms with Gasteiger partial charge in [-0.3, -0.25) is 14.8 Å². The van der Waals surface area contributed by atoms with Gasteiger partial charge in [0.05, 0.1) is 34.2 Å². The Morgan fingerprint density at radius 3 is 2.46 bits per heavy atom. The molecular weight excluding hydrogens is 483 g/mol. The second-order valence-corrected chi connectivity index (χ2v) is 7.90. The summed E-state index contributed by atoms with van der Waals surface area (Å²) in [7, 11) is 0. The summed E-state index contributed by atoms with van der Waals surface area (Å²) in [5.74, 6) is -3.88. The number of nitrogens with one attached hydrogen (secondary N) is 2. The van der Waals surface area contributed by atoms with Crippen LogP contribution >= 0.6 is 0 Å². The lowest BCUT2D eigenvalue weighted by Gasteiger charge is -2.12. The van der Waals surface area contributed by atoms with Crippen molar-refractivity contribution in [3.05, 3.63) is 114 Å². The van der Waals surface area contributed by atoms with Crippen molar-refractivity contribution in [1.82, 2.24) is 15.0 Å². The van der Waals surface area contributed by atoms with E-state index in [0.717, 1.165) is 18.2 Å². The molecule has 0 bridgehead atoms. The Morgan fingerprint density at radius 2 is 1.68 bits per heavy atom. The first-order chi connectivity index (χ1) is 17.9. The van der Waals surface area contributed by atoms with Gasteiger partial charge in [0.2, 0.25) is 0 Å². The molecule has 0 radical (unpaired) electrons. The fourth-order valence-electron chi connectivity index (χ4n) is 3.66. The van der Waals surface area contributed by atoms with Crippen molar-refractivity contribution < 1.29 is 22.8 Å². The molecule has 2 N–H and O–H groups in total. The van der Waals surface area contributed by atoms with E-state index in [2.05, 4.69) is 25.6 Å².